The summed E-state index contributed by atoms with van der Waals surface area (Å²) in [7, 11) is 0. The summed E-state index contributed by atoms with van der Waals surface area (Å²) >= 11 is 0. The molecule has 0 aliphatic carbocycles. The van der Waals surface area contributed by atoms with Crippen molar-refractivity contribution in [2.45, 2.75) is 45.3 Å². The lowest BCUT2D eigenvalue weighted by atomic mass is 10.0. The van der Waals surface area contributed by atoms with Crippen molar-refractivity contribution in [3.8, 4) is 0 Å². The molecule has 1 heterocycles. The molecule has 0 saturated carbocycles. The minimum Gasteiger partial charge on any atom is -0.388 e. The summed E-state index contributed by atoms with van der Waals surface area (Å²) in [5.74, 6) is 0. The van der Waals surface area contributed by atoms with Gasteiger partial charge < -0.3 is 14.7 Å². The van der Waals surface area contributed by atoms with E-state index in [0.717, 1.165) is 38.2 Å². The van der Waals surface area contributed by atoms with Crippen LogP contribution in [0.25, 0.3) is 0 Å². The van der Waals surface area contributed by atoms with Gasteiger partial charge in [0.05, 0.1) is 12.2 Å². The fourth-order valence-electron chi connectivity index (χ4n) is 3.01. The molecule has 3 nitrogen and oxygen atoms in total. The van der Waals surface area contributed by atoms with Crippen LogP contribution in [0.3, 0.4) is 0 Å². The first kappa shape index (κ1) is 15.5. The van der Waals surface area contributed by atoms with E-state index < -0.39 is 0 Å². The average molecular weight is 277 g/mol. The fourth-order valence-corrected chi connectivity index (χ4v) is 3.01. The van der Waals surface area contributed by atoms with Gasteiger partial charge >= 0.3 is 0 Å². The Morgan fingerprint density at radius 3 is 2.95 bits per heavy atom. The molecule has 0 amide bonds. The fraction of sp³-hybridized carbons (Fsp3) is 0.647. The van der Waals surface area contributed by atoms with E-state index in [2.05, 4.69) is 24.8 Å². The summed E-state index contributed by atoms with van der Waals surface area (Å²) in [6, 6.07) is 8.10. The molecule has 0 radical (unpaired) electrons. The second kappa shape index (κ2) is 7.77. The standard InChI is InChI=1S/C17H27NO2/c1-3-20-15-8-6-11-18(13-15)12-10-17(19)16-9-5-4-7-14(16)2/h4-5,7,9,15,17,19H,3,6,8,10-13H2,1-2H3. The monoisotopic (exact) mass is 277 g/mol. The molecule has 1 saturated heterocycles. The van der Waals surface area contributed by atoms with Crippen LogP contribution in [0.1, 0.15) is 43.4 Å². The van der Waals surface area contributed by atoms with E-state index in [-0.39, 0.29) is 6.10 Å². The summed E-state index contributed by atoms with van der Waals surface area (Å²) in [4.78, 5) is 2.42. The molecule has 2 atom stereocenters. The number of hydrogen-bond donors (Lipinski definition) is 1. The van der Waals surface area contributed by atoms with E-state index in [4.69, 9.17) is 4.74 Å². The lowest BCUT2D eigenvalue weighted by Crippen LogP contribution is -2.40. The Morgan fingerprint density at radius 2 is 2.20 bits per heavy atom. The molecule has 3 heteroatoms. The predicted octanol–water partition coefficient (Wildman–Crippen LogP) is 2.92. The van der Waals surface area contributed by atoms with Crippen LogP contribution in [0.2, 0.25) is 0 Å². The van der Waals surface area contributed by atoms with Crippen molar-refractivity contribution >= 4 is 0 Å². The molecule has 1 aliphatic rings. The van der Waals surface area contributed by atoms with Gasteiger partial charge in [0.15, 0.2) is 0 Å². The van der Waals surface area contributed by atoms with Crippen LogP contribution in [0.15, 0.2) is 24.3 Å². The topological polar surface area (TPSA) is 32.7 Å². The predicted molar refractivity (Wildman–Crippen MR) is 81.8 cm³/mol. The molecular formula is C17H27NO2. The lowest BCUT2D eigenvalue weighted by molar-refractivity contribution is 0.00210. The van der Waals surface area contributed by atoms with Gasteiger partial charge in [-0.3, -0.25) is 0 Å². The molecule has 2 unspecified atom stereocenters. The smallest absolute Gasteiger partial charge is 0.0804 e. The minimum absolute atomic E-state index is 0.358. The van der Waals surface area contributed by atoms with Crippen LogP contribution in [0, 0.1) is 6.92 Å². The molecular weight excluding hydrogens is 250 g/mol. The van der Waals surface area contributed by atoms with Crippen molar-refractivity contribution in [2.75, 3.05) is 26.2 Å². The van der Waals surface area contributed by atoms with Crippen molar-refractivity contribution in [2.24, 2.45) is 0 Å². The average Bonchev–Trinajstić information content (AvgIpc) is 2.46. The number of likely N-dealkylation sites (tertiary alicyclic amines) is 1. The van der Waals surface area contributed by atoms with Gasteiger partial charge in [0, 0.05) is 19.7 Å². The number of aliphatic hydroxyl groups excluding tert-OH is 1. The van der Waals surface area contributed by atoms with Gasteiger partial charge in [0.1, 0.15) is 0 Å². The molecule has 0 bridgehead atoms. The summed E-state index contributed by atoms with van der Waals surface area (Å²) in [5, 5.41) is 10.3. The third-order valence-electron chi connectivity index (χ3n) is 4.13. The van der Waals surface area contributed by atoms with E-state index in [1.165, 1.54) is 18.4 Å². The Balaban J connectivity index is 1.81. The number of hydrogen-bond acceptors (Lipinski definition) is 3. The first-order valence-corrected chi connectivity index (χ1v) is 7.78. The zero-order valence-corrected chi connectivity index (χ0v) is 12.7. The van der Waals surface area contributed by atoms with Gasteiger partial charge in [-0.2, -0.15) is 0 Å². The normalized spacial score (nSPS) is 21.9. The van der Waals surface area contributed by atoms with Gasteiger partial charge in [-0.05, 0) is 50.8 Å². The van der Waals surface area contributed by atoms with E-state index in [0.29, 0.717) is 6.10 Å². The van der Waals surface area contributed by atoms with Crippen molar-refractivity contribution in [1.29, 1.82) is 0 Å². The second-order valence-corrected chi connectivity index (χ2v) is 5.68. The summed E-state index contributed by atoms with van der Waals surface area (Å²) in [6.45, 7) is 7.99. The number of rotatable bonds is 6. The Hall–Kier alpha value is -0.900. The van der Waals surface area contributed by atoms with Gasteiger partial charge in [0.25, 0.3) is 0 Å². The number of benzene rings is 1. The molecule has 20 heavy (non-hydrogen) atoms. The zero-order valence-electron chi connectivity index (χ0n) is 12.7. The molecule has 2 rings (SSSR count). The third kappa shape index (κ3) is 4.30. The molecule has 112 valence electrons. The van der Waals surface area contributed by atoms with Crippen LogP contribution >= 0.6 is 0 Å². The van der Waals surface area contributed by atoms with Crippen molar-refractivity contribution in [3.63, 3.8) is 0 Å². The van der Waals surface area contributed by atoms with E-state index in [1.807, 2.05) is 18.2 Å². The van der Waals surface area contributed by atoms with Crippen LogP contribution in [0.4, 0.5) is 0 Å². The van der Waals surface area contributed by atoms with Crippen molar-refractivity contribution in [1.82, 2.24) is 4.90 Å². The lowest BCUT2D eigenvalue weighted by Gasteiger charge is -2.33. The summed E-state index contributed by atoms with van der Waals surface area (Å²) in [6.07, 6.45) is 3.19. The Kier molecular flexibility index (Phi) is 6.02. The number of aryl methyl sites for hydroxylation is 1. The number of aliphatic hydroxyl groups is 1. The first-order valence-electron chi connectivity index (χ1n) is 7.78. The van der Waals surface area contributed by atoms with Crippen LogP contribution in [0.5, 0.6) is 0 Å². The van der Waals surface area contributed by atoms with Crippen LogP contribution in [-0.2, 0) is 4.74 Å². The highest BCUT2D eigenvalue weighted by Gasteiger charge is 2.20. The molecule has 1 N–H and O–H groups in total. The van der Waals surface area contributed by atoms with Gasteiger partial charge in [-0.25, -0.2) is 0 Å². The molecule has 1 aromatic carbocycles. The maximum absolute atomic E-state index is 10.3. The number of piperidine rings is 1. The molecule has 0 spiro atoms. The highest BCUT2D eigenvalue weighted by atomic mass is 16.5. The second-order valence-electron chi connectivity index (χ2n) is 5.68. The largest absolute Gasteiger partial charge is 0.388 e. The zero-order chi connectivity index (χ0) is 14.4. The molecule has 1 fully saturated rings. The third-order valence-corrected chi connectivity index (χ3v) is 4.13. The number of ether oxygens (including phenoxy) is 1. The van der Waals surface area contributed by atoms with Gasteiger partial charge in [-0.15, -0.1) is 0 Å². The summed E-state index contributed by atoms with van der Waals surface area (Å²) in [5.41, 5.74) is 2.23. The quantitative estimate of drug-likeness (QED) is 0.868. The molecule has 0 aromatic heterocycles. The van der Waals surface area contributed by atoms with Crippen LogP contribution < -0.4 is 0 Å². The molecule has 1 aliphatic heterocycles. The first-order chi connectivity index (χ1) is 9.70. The van der Waals surface area contributed by atoms with Gasteiger partial charge in [0.2, 0.25) is 0 Å². The Bertz CT molecular complexity index is 406. The van der Waals surface area contributed by atoms with E-state index in [1.54, 1.807) is 0 Å². The van der Waals surface area contributed by atoms with Crippen LogP contribution in [-0.4, -0.2) is 42.4 Å². The summed E-state index contributed by atoms with van der Waals surface area (Å²) < 4.78 is 5.72. The number of nitrogens with zero attached hydrogens (tertiary/aromatic N) is 1. The molecule has 1 aromatic rings. The minimum atomic E-state index is -0.358. The Morgan fingerprint density at radius 1 is 1.40 bits per heavy atom. The highest BCUT2D eigenvalue weighted by Crippen LogP contribution is 2.21. The van der Waals surface area contributed by atoms with E-state index >= 15 is 0 Å². The SMILES string of the molecule is CCOC1CCCN(CCC(O)c2ccccc2C)C1. The van der Waals surface area contributed by atoms with Crippen molar-refractivity contribution < 1.29 is 9.84 Å². The maximum atomic E-state index is 10.3. The van der Waals surface area contributed by atoms with Gasteiger partial charge in [-0.1, -0.05) is 24.3 Å². The Labute approximate surface area is 122 Å². The highest BCUT2D eigenvalue weighted by molar-refractivity contribution is 5.27. The van der Waals surface area contributed by atoms with E-state index in [9.17, 15) is 5.11 Å². The maximum Gasteiger partial charge on any atom is 0.0804 e. The van der Waals surface area contributed by atoms with Crippen molar-refractivity contribution in [3.05, 3.63) is 35.4 Å².